The van der Waals surface area contributed by atoms with Gasteiger partial charge in [0.2, 0.25) is 17.7 Å². The molecule has 0 aromatic heterocycles. The van der Waals surface area contributed by atoms with Crippen LogP contribution in [-0.4, -0.2) is 105 Å². The summed E-state index contributed by atoms with van der Waals surface area (Å²) in [6.07, 6.45) is 4.75. The Morgan fingerprint density at radius 2 is 1.62 bits per heavy atom. The normalized spacial score (nSPS) is 33.4. The summed E-state index contributed by atoms with van der Waals surface area (Å²) in [4.78, 5) is 88.7. The average molecular weight is 881 g/mol. The molecule has 5 N–H and O–H groups in total. The van der Waals surface area contributed by atoms with Crippen LogP contribution in [-0.2, 0) is 49.5 Å². The second kappa shape index (κ2) is 16.7. The molecular formula is C48H53FN4O11. The molecule has 15 nitrogen and oxygen atoms in total. The van der Waals surface area contributed by atoms with Crippen LogP contribution in [0.15, 0.2) is 84.5 Å². The number of carbonyl (C=O) groups is 7. The number of ether oxygens (including phenoxy) is 2. The quantitative estimate of drug-likeness (QED) is 0.184. The second-order valence-electron chi connectivity index (χ2n) is 18.4. The number of fused-ring (bicyclic) bond motifs is 7. The van der Waals surface area contributed by atoms with Crippen molar-refractivity contribution in [3.8, 4) is 0 Å². The van der Waals surface area contributed by atoms with Crippen LogP contribution >= 0.6 is 0 Å². The first kappa shape index (κ1) is 44.9. The van der Waals surface area contributed by atoms with E-state index in [4.69, 9.17) is 9.47 Å². The Kier molecular flexibility index (Phi) is 11.7. The Morgan fingerprint density at radius 1 is 0.922 bits per heavy atom. The van der Waals surface area contributed by atoms with Gasteiger partial charge in [0.25, 0.3) is 11.8 Å². The number of imide groups is 1. The molecular weight excluding hydrogens is 828 g/mol. The van der Waals surface area contributed by atoms with Gasteiger partial charge in [0, 0.05) is 53.1 Å². The van der Waals surface area contributed by atoms with E-state index in [1.807, 2.05) is 37.3 Å². The summed E-state index contributed by atoms with van der Waals surface area (Å²) in [6.45, 7) is 5.60. The number of nitrogens with one attached hydrogen (secondary N) is 3. The van der Waals surface area contributed by atoms with Crippen molar-refractivity contribution in [2.24, 2.45) is 22.7 Å². The van der Waals surface area contributed by atoms with Crippen LogP contribution in [0.5, 0.6) is 0 Å². The average Bonchev–Trinajstić information content (AvgIpc) is 3.88. The van der Waals surface area contributed by atoms with Crippen molar-refractivity contribution in [3.05, 3.63) is 101 Å². The molecule has 0 spiro atoms. The number of hydrogen-bond donors (Lipinski definition) is 5. The minimum Gasteiger partial charge on any atom is -0.390 e. The highest BCUT2D eigenvalue weighted by Gasteiger charge is 2.79. The van der Waals surface area contributed by atoms with E-state index in [0.29, 0.717) is 42.5 Å². The highest BCUT2D eigenvalue weighted by Crippen LogP contribution is 2.72. The van der Waals surface area contributed by atoms with Crippen molar-refractivity contribution in [2.45, 2.75) is 108 Å². The first-order chi connectivity index (χ1) is 30.3. The maximum atomic E-state index is 17.7. The number of Topliss-reactive ketones (excluding diaryl/α,β-unsaturated/α-hetero) is 1. The van der Waals surface area contributed by atoms with Gasteiger partial charge in [0.1, 0.15) is 18.7 Å². The highest BCUT2D eigenvalue weighted by molar-refractivity contribution is 6.13. The Balaban J connectivity index is 0.879. The van der Waals surface area contributed by atoms with Crippen LogP contribution in [0.1, 0.15) is 82.8 Å². The van der Waals surface area contributed by atoms with Gasteiger partial charge < -0.3 is 35.6 Å². The first-order valence-electron chi connectivity index (χ1n) is 21.7. The zero-order valence-corrected chi connectivity index (χ0v) is 36.1. The van der Waals surface area contributed by atoms with E-state index >= 15 is 4.39 Å². The van der Waals surface area contributed by atoms with E-state index in [-0.39, 0.29) is 25.2 Å². The van der Waals surface area contributed by atoms with Crippen LogP contribution in [0.4, 0.5) is 10.1 Å². The first-order valence-corrected chi connectivity index (χ1v) is 21.7. The molecule has 4 fully saturated rings. The summed E-state index contributed by atoms with van der Waals surface area (Å²) < 4.78 is 30.9. The van der Waals surface area contributed by atoms with Gasteiger partial charge in [-0.3, -0.25) is 38.5 Å². The number of aliphatic hydroxyl groups is 2. The van der Waals surface area contributed by atoms with E-state index < -0.39 is 106 Å². The van der Waals surface area contributed by atoms with Crippen LogP contribution in [0.2, 0.25) is 0 Å². The Morgan fingerprint density at radius 3 is 2.33 bits per heavy atom. The predicted molar refractivity (Wildman–Crippen MR) is 227 cm³/mol. The minimum absolute atomic E-state index is 0.104. The SMILES string of the molecule is C[C@H](NC(=O)CCN1C(=O)C=CC1=O)C(=O)N[C@@H](C)C(=O)Nc1cccc(Cc2ccc(C3O[C@@H]4C[C@H]5[C@@H]6CCC7=CC(=O)C=C[C@]7(C)[C@@]6(F)[C@@H](O)C[C@]5(C)[C@]4(C(=O)CO)O3)cc2)c1. The Hall–Kier alpha value is -5.68. The van der Waals surface area contributed by atoms with Gasteiger partial charge in [0.05, 0.1) is 12.2 Å². The number of anilines is 1. The fraction of sp³-hybridized carbons (Fsp3) is 0.479. The summed E-state index contributed by atoms with van der Waals surface area (Å²) in [5.41, 5.74) is -2.42. The molecule has 1 saturated heterocycles. The summed E-state index contributed by atoms with van der Waals surface area (Å²) in [5, 5.41) is 30.0. The van der Waals surface area contributed by atoms with Gasteiger partial charge >= 0.3 is 0 Å². The smallest absolute Gasteiger partial charge is 0.253 e. The van der Waals surface area contributed by atoms with Gasteiger partial charge in [-0.1, -0.05) is 55.0 Å². The van der Waals surface area contributed by atoms with E-state index in [9.17, 15) is 43.8 Å². The molecule has 64 heavy (non-hydrogen) atoms. The Labute approximate surface area is 369 Å². The largest absolute Gasteiger partial charge is 0.390 e. The lowest BCUT2D eigenvalue weighted by Gasteiger charge is -2.62. The number of halogens is 1. The molecule has 2 aromatic rings. The molecule has 3 saturated carbocycles. The number of alkyl halides is 1. The predicted octanol–water partition coefficient (Wildman–Crippen LogP) is 3.24. The second-order valence-corrected chi connectivity index (χ2v) is 18.4. The van der Waals surface area contributed by atoms with Crippen LogP contribution in [0.3, 0.4) is 0 Å². The molecule has 8 rings (SSSR count). The lowest BCUT2D eigenvalue weighted by Crippen LogP contribution is -2.69. The van der Waals surface area contributed by atoms with E-state index in [1.165, 1.54) is 26.0 Å². The molecule has 2 aromatic carbocycles. The number of nitrogens with zero attached hydrogens (tertiary/aromatic N) is 1. The van der Waals surface area contributed by atoms with Gasteiger partial charge in [0.15, 0.2) is 29.1 Å². The number of aliphatic hydroxyl groups excluding tert-OH is 2. The van der Waals surface area contributed by atoms with Crippen LogP contribution < -0.4 is 16.0 Å². The van der Waals surface area contributed by atoms with Crippen molar-refractivity contribution in [2.75, 3.05) is 18.5 Å². The van der Waals surface area contributed by atoms with Crippen molar-refractivity contribution >= 4 is 46.8 Å². The number of rotatable bonds is 13. The number of carbonyl (C=O) groups excluding carboxylic acids is 7. The fourth-order valence-corrected chi connectivity index (χ4v) is 11.4. The number of benzene rings is 2. The van der Waals surface area contributed by atoms with Gasteiger partial charge in [-0.15, -0.1) is 0 Å². The lowest BCUT2D eigenvalue weighted by atomic mass is 9.44. The maximum Gasteiger partial charge on any atom is 0.253 e. The standard InChI is InChI=1S/C48H53FN4O11/c1-26(50-39(58)17-19-53-40(59)14-15-41(53)60)42(61)51-27(2)43(62)52-32-7-5-6-29(21-32)20-28-8-10-30(11-9-28)44-63-38-23-35-34-13-12-31-22-33(55)16-18-45(31,3)47(34,49)36(56)24-46(35,4)48(38,64-44)37(57)25-54/h5-11,14-16,18,21-22,26-27,34-36,38,44,54,56H,12-13,17,19-20,23-25H2,1-4H3,(H,50,58)(H,51,61)(H,52,62)/t26-,27-,34-,35-,36-,38+,44?,45-,46-,47-,48+/m0/s1. The molecule has 4 aliphatic carbocycles. The van der Waals surface area contributed by atoms with Crippen molar-refractivity contribution in [1.82, 2.24) is 15.5 Å². The molecule has 2 aliphatic heterocycles. The minimum atomic E-state index is -2.10. The summed E-state index contributed by atoms with van der Waals surface area (Å²) in [7, 11) is 0. The zero-order chi connectivity index (χ0) is 45.9. The molecule has 11 atom stereocenters. The Bertz CT molecular complexity index is 2380. The number of hydrogen-bond acceptors (Lipinski definition) is 11. The summed E-state index contributed by atoms with van der Waals surface area (Å²) in [6, 6.07) is 12.7. The van der Waals surface area contributed by atoms with Gasteiger partial charge in [-0.2, -0.15) is 0 Å². The third-order valence-corrected chi connectivity index (χ3v) is 14.8. The number of ketones is 2. The summed E-state index contributed by atoms with van der Waals surface area (Å²) in [5.74, 6) is -4.51. The third kappa shape index (κ3) is 7.33. The van der Waals surface area contributed by atoms with E-state index in [1.54, 1.807) is 31.2 Å². The molecule has 0 bridgehead atoms. The molecule has 16 heteroatoms. The molecule has 2 heterocycles. The molecule has 1 unspecified atom stereocenters. The van der Waals surface area contributed by atoms with Gasteiger partial charge in [-0.05, 0) is 94.2 Å². The zero-order valence-electron chi connectivity index (χ0n) is 36.1. The van der Waals surface area contributed by atoms with Crippen molar-refractivity contribution < 1.29 is 57.6 Å². The van der Waals surface area contributed by atoms with Crippen LogP contribution in [0.25, 0.3) is 0 Å². The van der Waals surface area contributed by atoms with E-state index in [2.05, 4.69) is 16.0 Å². The van der Waals surface area contributed by atoms with Crippen LogP contribution in [0, 0.1) is 22.7 Å². The topological polar surface area (TPSA) is 218 Å². The summed E-state index contributed by atoms with van der Waals surface area (Å²) >= 11 is 0. The third-order valence-electron chi connectivity index (χ3n) is 14.8. The monoisotopic (exact) mass is 880 g/mol. The molecule has 6 aliphatic rings. The number of allylic oxidation sites excluding steroid dienone is 4. The van der Waals surface area contributed by atoms with E-state index in [0.717, 1.165) is 28.2 Å². The molecule has 5 amide bonds. The molecule has 338 valence electrons. The maximum absolute atomic E-state index is 17.7. The molecule has 0 radical (unpaired) electrons. The lowest BCUT2D eigenvalue weighted by molar-refractivity contribution is -0.231. The number of amides is 5. The van der Waals surface area contributed by atoms with Crippen molar-refractivity contribution in [1.29, 1.82) is 0 Å². The highest BCUT2D eigenvalue weighted by atomic mass is 19.1. The van der Waals surface area contributed by atoms with Crippen molar-refractivity contribution in [3.63, 3.8) is 0 Å². The van der Waals surface area contributed by atoms with Gasteiger partial charge in [-0.25, -0.2) is 4.39 Å². The fourth-order valence-electron chi connectivity index (χ4n) is 11.4.